The number of hydrogen-bond donors (Lipinski definition) is 0. The lowest BCUT2D eigenvalue weighted by Crippen LogP contribution is -2.05. The predicted molar refractivity (Wildman–Crippen MR) is 104 cm³/mol. The molecule has 138 valence electrons. The monoisotopic (exact) mass is 361 g/mol. The number of rotatable bonds is 6. The number of hydrogen-bond acceptors (Lipinski definition) is 5. The fraction of sp³-hybridized carbons (Fsp3) is 0.318. The molecule has 0 spiro atoms. The normalized spacial score (nSPS) is 18.2. The number of aryl methyl sites for hydroxylation is 2. The summed E-state index contributed by atoms with van der Waals surface area (Å²) in [5, 5.41) is 0. The van der Waals surface area contributed by atoms with Gasteiger partial charge in [-0.2, -0.15) is 4.98 Å². The summed E-state index contributed by atoms with van der Waals surface area (Å²) in [6.45, 7) is 4.59. The molecule has 1 aliphatic rings. The van der Waals surface area contributed by atoms with Gasteiger partial charge >= 0.3 is 0 Å². The molecule has 1 saturated carbocycles. The van der Waals surface area contributed by atoms with E-state index in [1.54, 1.807) is 13.3 Å². The summed E-state index contributed by atoms with van der Waals surface area (Å²) in [4.78, 5) is 13.4. The van der Waals surface area contributed by atoms with E-state index in [1.807, 2.05) is 25.3 Å². The van der Waals surface area contributed by atoms with Gasteiger partial charge in [-0.3, -0.25) is 4.98 Å². The van der Waals surface area contributed by atoms with E-state index >= 15 is 0 Å². The summed E-state index contributed by atoms with van der Waals surface area (Å²) in [5.41, 5.74) is 4.32. The third kappa shape index (κ3) is 3.92. The minimum Gasteiger partial charge on any atom is -0.495 e. The number of benzene rings is 1. The minimum atomic E-state index is 0.446. The van der Waals surface area contributed by atoms with E-state index in [4.69, 9.17) is 9.47 Å². The summed E-state index contributed by atoms with van der Waals surface area (Å²) in [6.07, 6.45) is 4.70. The van der Waals surface area contributed by atoms with Crippen LogP contribution in [0.3, 0.4) is 0 Å². The Morgan fingerprint density at radius 1 is 1.00 bits per heavy atom. The number of aromatic nitrogens is 3. The smallest absolute Gasteiger partial charge is 0.224 e. The van der Waals surface area contributed by atoms with Gasteiger partial charge in [0.15, 0.2) is 0 Å². The summed E-state index contributed by atoms with van der Waals surface area (Å²) >= 11 is 0. The van der Waals surface area contributed by atoms with E-state index in [1.165, 1.54) is 5.56 Å². The zero-order valence-electron chi connectivity index (χ0n) is 15.8. The van der Waals surface area contributed by atoms with Crippen LogP contribution in [0.15, 0.2) is 48.8 Å². The van der Waals surface area contributed by atoms with E-state index in [2.05, 4.69) is 46.1 Å². The van der Waals surface area contributed by atoms with Gasteiger partial charge in [-0.1, -0.05) is 29.8 Å². The Morgan fingerprint density at radius 3 is 2.52 bits per heavy atom. The van der Waals surface area contributed by atoms with Gasteiger partial charge in [0.2, 0.25) is 5.88 Å². The fourth-order valence-corrected chi connectivity index (χ4v) is 3.20. The second-order valence-corrected chi connectivity index (χ2v) is 7.04. The number of methoxy groups -OCH3 is 1. The van der Waals surface area contributed by atoms with Crippen LogP contribution in [0, 0.1) is 19.8 Å². The molecule has 27 heavy (non-hydrogen) atoms. The van der Waals surface area contributed by atoms with E-state index < -0.39 is 0 Å². The molecule has 1 aliphatic carbocycles. The largest absolute Gasteiger partial charge is 0.495 e. The molecule has 1 unspecified atom stereocenters. The number of ether oxygens (including phenoxy) is 2. The van der Waals surface area contributed by atoms with Crippen LogP contribution >= 0.6 is 0 Å². The molecule has 2 atom stereocenters. The highest BCUT2D eigenvalue weighted by Gasteiger charge is 2.40. The van der Waals surface area contributed by atoms with Crippen LogP contribution < -0.4 is 9.47 Å². The zero-order valence-corrected chi connectivity index (χ0v) is 15.8. The second kappa shape index (κ2) is 7.35. The lowest BCUT2D eigenvalue weighted by molar-refractivity contribution is 0.285. The average molecular weight is 361 g/mol. The predicted octanol–water partition coefficient (Wildman–Crippen LogP) is 4.35. The Balaban J connectivity index is 1.45. The fourth-order valence-electron chi connectivity index (χ4n) is 3.20. The quantitative estimate of drug-likeness (QED) is 0.653. The highest BCUT2D eigenvalue weighted by atomic mass is 16.5. The van der Waals surface area contributed by atoms with E-state index in [0.717, 1.165) is 29.0 Å². The van der Waals surface area contributed by atoms with Gasteiger partial charge in [-0.15, -0.1) is 0 Å². The third-order valence-corrected chi connectivity index (χ3v) is 4.97. The van der Waals surface area contributed by atoms with Gasteiger partial charge in [0.05, 0.1) is 25.5 Å². The van der Waals surface area contributed by atoms with Crippen molar-refractivity contribution < 1.29 is 9.47 Å². The molecule has 0 aliphatic heterocycles. The van der Waals surface area contributed by atoms with E-state index in [0.29, 0.717) is 30.1 Å². The Labute approximate surface area is 159 Å². The molecule has 0 bridgehead atoms. The molecule has 4 rings (SSSR count). The second-order valence-electron chi connectivity index (χ2n) is 7.04. The maximum atomic E-state index is 6.12. The lowest BCUT2D eigenvalue weighted by Gasteiger charge is -2.11. The third-order valence-electron chi connectivity index (χ3n) is 4.97. The Morgan fingerprint density at radius 2 is 1.81 bits per heavy atom. The van der Waals surface area contributed by atoms with Crippen LogP contribution in [0.4, 0.5) is 0 Å². The Hall–Kier alpha value is -2.95. The van der Waals surface area contributed by atoms with Gasteiger partial charge < -0.3 is 9.47 Å². The molecular weight excluding hydrogens is 338 g/mol. The van der Waals surface area contributed by atoms with Gasteiger partial charge in [-0.25, -0.2) is 4.98 Å². The minimum absolute atomic E-state index is 0.446. The van der Waals surface area contributed by atoms with Gasteiger partial charge in [0.25, 0.3) is 0 Å². The molecule has 0 radical (unpaired) electrons. The van der Waals surface area contributed by atoms with Crippen molar-refractivity contribution in [3.63, 3.8) is 0 Å². The van der Waals surface area contributed by atoms with Crippen LogP contribution in [0.25, 0.3) is 11.1 Å². The number of nitrogens with zero attached hydrogens (tertiary/aromatic N) is 3. The molecule has 3 aromatic rings. The summed E-state index contributed by atoms with van der Waals surface area (Å²) in [7, 11) is 1.65. The first kappa shape index (κ1) is 17.5. The number of pyridine rings is 1. The molecule has 1 aromatic carbocycles. The van der Waals surface area contributed by atoms with Crippen molar-refractivity contribution in [3.8, 4) is 22.8 Å². The van der Waals surface area contributed by atoms with Crippen molar-refractivity contribution in [1.82, 2.24) is 15.0 Å². The van der Waals surface area contributed by atoms with Crippen LogP contribution in [0.1, 0.15) is 29.4 Å². The molecular formula is C22H23N3O2. The molecule has 0 saturated heterocycles. The summed E-state index contributed by atoms with van der Waals surface area (Å²) in [6, 6.07) is 12.3. The SMILES string of the molecule is COc1ccc([C@H]2CC2COc2nc(C)ncc2-c2ccc(C)cc2)nc1. The van der Waals surface area contributed by atoms with Crippen LogP contribution in [0.5, 0.6) is 11.6 Å². The van der Waals surface area contributed by atoms with Crippen LogP contribution in [0.2, 0.25) is 0 Å². The van der Waals surface area contributed by atoms with Crippen molar-refractivity contribution in [1.29, 1.82) is 0 Å². The molecule has 5 heteroatoms. The van der Waals surface area contributed by atoms with Crippen molar-refractivity contribution in [2.45, 2.75) is 26.2 Å². The van der Waals surface area contributed by atoms with Crippen LogP contribution in [-0.2, 0) is 0 Å². The highest BCUT2D eigenvalue weighted by molar-refractivity contribution is 5.67. The topological polar surface area (TPSA) is 57.1 Å². The molecule has 5 nitrogen and oxygen atoms in total. The van der Waals surface area contributed by atoms with Crippen molar-refractivity contribution >= 4 is 0 Å². The molecule has 0 N–H and O–H groups in total. The summed E-state index contributed by atoms with van der Waals surface area (Å²) in [5.74, 6) is 3.06. The van der Waals surface area contributed by atoms with Gasteiger partial charge in [0.1, 0.15) is 11.6 Å². The molecule has 1 fully saturated rings. The maximum absolute atomic E-state index is 6.12. The van der Waals surface area contributed by atoms with E-state index in [-0.39, 0.29) is 0 Å². The van der Waals surface area contributed by atoms with Crippen LogP contribution in [-0.4, -0.2) is 28.7 Å². The molecule has 0 amide bonds. The van der Waals surface area contributed by atoms with Gasteiger partial charge in [-0.05, 0) is 38.0 Å². The first-order valence-corrected chi connectivity index (χ1v) is 9.17. The zero-order chi connectivity index (χ0) is 18.8. The Bertz CT molecular complexity index is 923. The van der Waals surface area contributed by atoms with E-state index in [9.17, 15) is 0 Å². The lowest BCUT2D eigenvalue weighted by atomic mass is 10.1. The Kier molecular flexibility index (Phi) is 4.75. The summed E-state index contributed by atoms with van der Waals surface area (Å²) < 4.78 is 11.3. The van der Waals surface area contributed by atoms with Crippen molar-refractivity contribution in [2.24, 2.45) is 5.92 Å². The van der Waals surface area contributed by atoms with Crippen molar-refractivity contribution in [3.05, 3.63) is 65.9 Å². The van der Waals surface area contributed by atoms with Gasteiger partial charge in [0, 0.05) is 23.7 Å². The van der Waals surface area contributed by atoms with Crippen molar-refractivity contribution in [2.75, 3.05) is 13.7 Å². The molecule has 2 heterocycles. The molecule has 2 aromatic heterocycles. The highest BCUT2D eigenvalue weighted by Crippen LogP contribution is 2.47. The average Bonchev–Trinajstić information content (AvgIpc) is 3.47. The first-order valence-electron chi connectivity index (χ1n) is 9.17. The maximum Gasteiger partial charge on any atom is 0.224 e. The first-order chi connectivity index (χ1) is 13.1. The standard InChI is InChI=1S/C22H23N3O2/c1-14-4-6-16(7-5-14)20-12-23-15(2)25-22(20)27-13-17-10-19(17)21-9-8-18(26-3)11-24-21/h4-9,11-12,17,19H,10,13H2,1-3H3/t17?,19-/m0/s1.